The number of carboxylic acid groups (broad SMARTS) is 1. The monoisotopic (exact) mass is 1380 g/mol. The van der Waals surface area contributed by atoms with Gasteiger partial charge in [-0.15, -0.1) is 0 Å². The fourth-order valence-electron chi connectivity index (χ4n) is 9.51. The van der Waals surface area contributed by atoms with Crippen molar-refractivity contribution >= 4 is 51.6 Å². The van der Waals surface area contributed by atoms with Crippen LogP contribution in [0.4, 0.5) is 0 Å². The number of phosphoric ester groups is 2. The minimum Gasteiger partial charge on any atom is -0.756 e. The number of hydrogen-bond donors (Lipinski definition) is 2. The third-order valence-electron chi connectivity index (χ3n) is 14.9. The van der Waals surface area contributed by atoms with Gasteiger partial charge in [-0.05, 0) is 49.5 Å². The van der Waals surface area contributed by atoms with Crippen LogP contribution in [0, 0.1) is 0 Å². The molecule has 4 unspecified atom stereocenters. The fourth-order valence-corrected chi connectivity index (χ4v) is 11.1. The smallest absolute Gasteiger partial charge is 0.756 e. The summed E-state index contributed by atoms with van der Waals surface area (Å²) < 4.78 is 76.8. The molecule has 1 rings (SSSR count). The molecule has 0 aliphatic rings. The van der Waals surface area contributed by atoms with E-state index in [1.165, 1.54) is 116 Å². The molecule has 0 radical (unpaired) electrons. The van der Waals surface area contributed by atoms with E-state index in [-0.39, 0.29) is 84.8 Å². The van der Waals surface area contributed by atoms with Crippen molar-refractivity contribution in [2.24, 2.45) is 0 Å². The van der Waals surface area contributed by atoms with Crippen molar-refractivity contribution in [2.75, 3.05) is 53.9 Å². The van der Waals surface area contributed by atoms with Crippen LogP contribution in [0.5, 0.6) is 11.5 Å². The zero-order chi connectivity index (χ0) is 67.5. The molecule has 4 atom stereocenters. The molecule has 25 heteroatoms. The average Bonchev–Trinajstić information content (AvgIpc) is 1.23. The van der Waals surface area contributed by atoms with Crippen molar-refractivity contribution in [2.45, 2.75) is 303 Å². The van der Waals surface area contributed by atoms with Gasteiger partial charge in [-0.1, -0.05) is 239 Å². The number of methoxy groups -OCH3 is 2. The summed E-state index contributed by atoms with van der Waals surface area (Å²) in [5.74, 6) is -2.03. The van der Waals surface area contributed by atoms with E-state index in [0.29, 0.717) is 37.2 Å². The molecule has 0 bridgehead atoms. The van der Waals surface area contributed by atoms with Crippen molar-refractivity contribution in [3.05, 3.63) is 29.8 Å². The molecular formula is C68H120Na2O21P2. The van der Waals surface area contributed by atoms with E-state index in [2.05, 4.69) is 27.7 Å². The van der Waals surface area contributed by atoms with Gasteiger partial charge in [0.2, 0.25) is 0 Å². The number of rotatable bonds is 62. The second-order valence-corrected chi connectivity index (χ2v) is 26.2. The first-order valence-corrected chi connectivity index (χ1v) is 37.5. The molecule has 0 saturated carbocycles. The number of hydrogen-bond acceptors (Lipinski definition) is 20. The normalized spacial score (nSPS) is 13.4. The van der Waals surface area contributed by atoms with Crippen LogP contribution >= 0.6 is 15.6 Å². The standard InChI is InChI=1S/C57H110O17P2.C11H12O4.2Na/c1-5-9-13-17-21-25-29-33-37-41-54(59)67-47-52(73-56(61)43-39-35-31-27-23-19-15-11-7-3)49-71-75(63,64)69-45-51(58)46-70-76(65,66)72-50-53(74-57(62)44-40-36-32-28-24-20-16-12-8-4)48-68-55(60)42-38-34-30-26-22-18-14-10-6-2;1-14-9-5-3-8(4-6-11(12)13)7-10(9)15-2;;/h51-53,58H,5-50H2,1-4H3,(H,63,64)(H,65,66);3-7H,1-2H3,(H,12,13);;/q;;2*+1/p-2. The van der Waals surface area contributed by atoms with Gasteiger partial charge in [0.05, 0.1) is 40.6 Å². The summed E-state index contributed by atoms with van der Waals surface area (Å²) in [5, 5.41) is 18.9. The van der Waals surface area contributed by atoms with E-state index in [0.717, 1.165) is 114 Å². The molecule has 530 valence electrons. The van der Waals surface area contributed by atoms with Crippen LogP contribution < -0.4 is 78.4 Å². The van der Waals surface area contributed by atoms with Gasteiger partial charge in [0, 0.05) is 31.8 Å². The second-order valence-electron chi connectivity index (χ2n) is 23.4. The first-order chi connectivity index (χ1) is 43.8. The number of benzene rings is 1. The molecule has 21 nitrogen and oxygen atoms in total. The minimum atomic E-state index is -5.20. The van der Waals surface area contributed by atoms with Crippen LogP contribution in [0.2, 0.25) is 0 Å². The number of aliphatic carboxylic acids is 1. The number of phosphoric acid groups is 2. The molecule has 0 aromatic heterocycles. The van der Waals surface area contributed by atoms with E-state index >= 15 is 0 Å². The van der Waals surface area contributed by atoms with Gasteiger partial charge in [0.1, 0.15) is 19.3 Å². The zero-order valence-electron chi connectivity index (χ0n) is 58.7. The fraction of sp³-hybridized carbons (Fsp3) is 0.809. The predicted molar refractivity (Wildman–Crippen MR) is 350 cm³/mol. The molecule has 0 spiro atoms. The van der Waals surface area contributed by atoms with Crippen molar-refractivity contribution in [3.8, 4) is 11.5 Å². The molecule has 1 aromatic rings. The molecule has 1 aromatic carbocycles. The molecular weight excluding hydrogens is 1260 g/mol. The van der Waals surface area contributed by atoms with E-state index in [4.69, 9.17) is 51.6 Å². The van der Waals surface area contributed by atoms with Gasteiger partial charge in [-0.25, -0.2) is 4.79 Å². The number of carbonyl (C=O) groups excluding carboxylic acids is 4. The number of unbranched alkanes of at least 4 members (excludes halogenated alkanes) is 32. The number of carboxylic acids is 1. The Morgan fingerprint density at radius 1 is 0.419 bits per heavy atom. The zero-order valence-corrected chi connectivity index (χ0v) is 64.5. The Morgan fingerprint density at radius 3 is 0.989 bits per heavy atom. The van der Waals surface area contributed by atoms with Gasteiger partial charge in [-0.3, -0.25) is 28.3 Å². The van der Waals surface area contributed by atoms with Crippen molar-refractivity contribution < 1.29 is 159 Å². The first kappa shape index (κ1) is 95.3. The molecule has 0 heterocycles. The Labute approximate surface area is 603 Å². The van der Waals surface area contributed by atoms with Gasteiger partial charge >= 0.3 is 89.0 Å². The van der Waals surface area contributed by atoms with Crippen molar-refractivity contribution in [1.29, 1.82) is 0 Å². The van der Waals surface area contributed by atoms with E-state index in [1.807, 2.05) is 0 Å². The van der Waals surface area contributed by atoms with Crippen LogP contribution in [0.3, 0.4) is 0 Å². The number of aliphatic hydroxyl groups is 1. The predicted octanol–water partition coefficient (Wildman–Crippen LogP) is 9.75. The molecule has 93 heavy (non-hydrogen) atoms. The van der Waals surface area contributed by atoms with Crippen LogP contribution in [-0.4, -0.2) is 112 Å². The molecule has 0 amide bonds. The SMILES string of the molecule is CCCCCCCCCCCC(=O)OCC(COP(=O)([O-])OCC(O)COP(=O)([O-])OCC(COC(=O)CCCCCCCCCCC)OC(=O)CCCCCCCCCCC)OC(=O)CCCCCCCCCCC.COc1ccc(C=CC(=O)O)cc1OC.[Na+].[Na+]. The van der Waals surface area contributed by atoms with Crippen molar-refractivity contribution in [1.82, 2.24) is 0 Å². The van der Waals surface area contributed by atoms with Crippen LogP contribution in [0.15, 0.2) is 24.3 Å². The third-order valence-corrected chi connectivity index (χ3v) is 16.8. The number of aliphatic hydroxyl groups excluding tert-OH is 1. The maximum absolute atomic E-state index is 12.8. The number of carbonyl (C=O) groups is 5. The maximum Gasteiger partial charge on any atom is 1.00 e. The summed E-state index contributed by atoms with van der Waals surface area (Å²) in [4.78, 5) is 86.5. The summed E-state index contributed by atoms with van der Waals surface area (Å²) in [6, 6.07) is 5.18. The van der Waals surface area contributed by atoms with Crippen LogP contribution in [0.1, 0.15) is 290 Å². The Bertz CT molecular complexity index is 2020. The summed E-state index contributed by atoms with van der Waals surface area (Å²) in [5.41, 5.74) is 0.745. The Hall–Kier alpha value is -1.91. The largest absolute Gasteiger partial charge is 1.00 e. The van der Waals surface area contributed by atoms with Crippen molar-refractivity contribution in [3.63, 3.8) is 0 Å². The van der Waals surface area contributed by atoms with Gasteiger partial charge in [-0.2, -0.15) is 0 Å². The van der Waals surface area contributed by atoms with Gasteiger partial charge in [0.25, 0.3) is 15.6 Å². The Kier molecular flexibility index (Phi) is 67.6. The van der Waals surface area contributed by atoms with Gasteiger partial charge < -0.3 is 66.5 Å². The third kappa shape index (κ3) is 62.1. The maximum atomic E-state index is 12.8. The molecule has 0 aliphatic carbocycles. The Balaban J connectivity index is -0.00000414. The Morgan fingerprint density at radius 2 is 0.699 bits per heavy atom. The van der Waals surface area contributed by atoms with E-state index < -0.39 is 103 Å². The number of ether oxygens (including phenoxy) is 6. The minimum absolute atomic E-state index is 0. The topological polar surface area (TPSA) is 298 Å². The van der Waals surface area contributed by atoms with Crippen LogP contribution in [0.25, 0.3) is 6.08 Å². The first-order valence-electron chi connectivity index (χ1n) is 34.5. The summed E-state index contributed by atoms with van der Waals surface area (Å²) in [7, 11) is -7.32. The number of esters is 4. The van der Waals surface area contributed by atoms with E-state index in [9.17, 15) is 48.0 Å². The summed E-state index contributed by atoms with van der Waals surface area (Å²) >= 11 is 0. The molecule has 0 saturated heterocycles. The van der Waals surface area contributed by atoms with Crippen LogP contribution in [-0.2, 0) is 70.1 Å². The second kappa shape index (κ2) is 66.0. The molecule has 2 N–H and O–H groups in total. The molecule has 0 aliphatic heterocycles. The summed E-state index contributed by atoms with van der Waals surface area (Å²) in [6.45, 7) is 4.36. The quantitative estimate of drug-likeness (QED) is 0.0153. The summed E-state index contributed by atoms with van der Waals surface area (Å²) in [6.07, 6.45) is 36.8. The average molecular weight is 1380 g/mol. The van der Waals surface area contributed by atoms with E-state index in [1.54, 1.807) is 25.3 Å². The van der Waals surface area contributed by atoms with Gasteiger partial charge in [0.15, 0.2) is 23.7 Å². The molecule has 0 fully saturated rings.